The number of urea groups is 1. The van der Waals surface area contributed by atoms with E-state index in [1.54, 1.807) is 0 Å². The van der Waals surface area contributed by atoms with E-state index in [4.69, 9.17) is 10.5 Å². The Labute approximate surface area is 119 Å². The van der Waals surface area contributed by atoms with Crippen LogP contribution in [0, 0.1) is 0 Å². The fourth-order valence-corrected chi connectivity index (χ4v) is 1.74. The molecule has 0 aliphatic rings. The quantitative estimate of drug-likeness (QED) is 0.544. The van der Waals surface area contributed by atoms with Crippen LogP contribution in [0.3, 0.4) is 0 Å². The van der Waals surface area contributed by atoms with Gasteiger partial charge in [0, 0.05) is 22.9 Å². The second kappa shape index (κ2) is 7.88. The first-order valence-corrected chi connectivity index (χ1v) is 6.33. The van der Waals surface area contributed by atoms with Gasteiger partial charge in [0.25, 0.3) is 0 Å². The summed E-state index contributed by atoms with van der Waals surface area (Å²) in [5.74, 6) is 0. The molecule has 1 aromatic carbocycles. The highest BCUT2D eigenvalue weighted by Crippen LogP contribution is 2.04. The van der Waals surface area contributed by atoms with Gasteiger partial charge in [0.05, 0.1) is 6.04 Å². The molecule has 1 rings (SSSR count). The van der Waals surface area contributed by atoms with Gasteiger partial charge in [-0.2, -0.15) is 0 Å². The van der Waals surface area contributed by atoms with Crippen molar-refractivity contribution < 1.29 is 14.3 Å². The maximum absolute atomic E-state index is 11.1. The molecular formula is C11H14IN3O3. The first-order valence-electron chi connectivity index (χ1n) is 5.25. The van der Waals surface area contributed by atoms with Crippen LogP contribution in [0.2, 0.25) is 0 Å². The lowest BCUT2D eigenvalue weighted by atomic mass is 10.1. The topological polar surface area (TPSA) is 93.5 Å². The molecule has 3 amide bonds. The van der Waals surface area contributed by atoms with Gasteiger partial charge in [0.1, 0.15) is 6.61 Å². The minimum atomic E-state index is -0.929. The molecule has 0 spiro atoms. The summed E-state index contributed by atoms with van der Waals surface area (Å²) in [4.78, 5) is 21.5. The van der Waals surface area contributed by atoms with Crippen molar-refractivity contribution in [2.45, 2.75) is 12.5 Å². The van der Waals surface area contributed by atoms with Crippen LogP contribution in [0.4, 0.5) is 9.59 Å². The maximum atomic E-state index is 11.1. The van der Waals surface area contributed by atoms with Crippen molar-refractivity contribution >= 4 is 35.0 Å². The van der Waals surface area contributed by atoms with Crippen LogP contribution in [-0.4, -0.2) is 24.8 Å². The molecule has 7 heteroatoms. The third-order valence-electron chi connectivity index (χ3n) is 2.12. The van der Waals surface area contributed by atoms with E-state index in [-0.39, 0.29) is 12.6 Å². The van der Waals surface area contributed by atoms with E-state index in [0.717, 1.165) is 5.56 Å². The van der Waals surface area contributed by atoms with Gasteiger partial charge in [-0.15, -0.1) is 0 Å². The number of imide groups is 1. The van der Waals surface area contributed by atoms with Crippen molar-refractivity contribution in [3.8, 4) is 0 Å². The summed E-state index contributed by atoms with van der Waals surface area (Å²) >= 11 is 2.00. The van der Waals surface area contributed by atoms with Gasteiger partial charge < -0.3 is 10.5 Å². The Morgan fingerprint density at radius 1 is 1.33 bits per heavy atom. The zero-order chi connectivity index (χ0) is 13.4. The zero-order valence-electron chi connectivity index (χ0n) is 9.56. The molecule has 0 bridgehead atoms. The Morgan fingerprint density at radius 3 is 2.56 bits per heavy atom. The van der Waals surface area contributed by atoms with Crippen LogP contribution < -0.4 is 14.6 Å². The minimum absolute atomic E-state index is 0.0355. The first-order chi connectivity index (χ1) is 8.61. The number of hydrogen-bond acceptors (Lipinski definition) is 4. The lowest BCUT2D eigenvalue weighted by molar-refractivity contribution is 0.139. The summed E-state index contributed by atoms with van der Waals surface area (Å²) in [5, 5.41) is 1.83. The lowest BCUT2D eigenvalue weighted by Gasteiger charge is -2.15. The number of halogens is 1. The predicted octanol–water partition coefficient (Wildman–Crippen LogP) is 1.34. The van der Waals surface area contributed by atoms with Gasteiger partial charge in [-0.05, 0) is 12.0 Å². The number of ether oxygens (including phenoxy) is 1. The number of hydrogen-bond donors (Lipinski definition) is 3. The summed E-state index contributed by atoms with van der Waals surface area (Å²) in [6.45, 7) is 0.150. The van der Waals surface area contributed by atoms with E-state index < -0.39 is 12.1 Å². The standard InChI is InChI=1S/C11H14IN3O3/c12-15-9(6-8-4-2-1-3-5-8)7-18-11(17)14-10(13)16/h1-5,9,15H,6-7H2,(H3,13,14,16,17). The molecule has 0 aliphatic carbocycles. The fourth-order valence-electron chi connectivity index (χ4n) is 1.34. The average Bonchev–Trinajstić information content (AvgIpc) is 2.35. The predicted molar refractivity (Wildman–Crippen MR) is 75.2 cm³/mol. The van der Waals surface area contributed by atoms with Crippen LogP contribution in [0.5, 0.6) is 0 Å². The maximum Gasteiger partial charge on any atom is 0.415 e. The van der Waals surface area contributed by atoms with Crippen LogP contribution in [0.25, 0.3) is 0 Å². The number of carbonyl (C=O) groups excluding carboxylic acids is 2. The molecule has 0 fully saturated rings. The van der Waals surface area contributed by atoms with Crippen LogP contribution in [-0.2, 0) is 11.2 Å². The molecular weight excluding hydrogens is 349 g/mol. The summed E-state index contributed by atoms with van der Waals surface area (Å²) in [6.07, 6.45) is -0.125. The van der Waals surface area contributed by atoms with E-state index in [2.05, 4.69) is 3.53 Å². The van der Waals surface area contributed by atoms with Gasteiger partial charge in [-0.1, -0.05) is 30.3 Å². The molecule has 0 saturated heterocycles. The summed E-state index contributed by atoms with van der Waals surface area (Å²) in [5.41, 5.74) is 5.92. The van der Waals surface area contributed by atoms with Crippen molar-refractivity contribution in [1.29, 1.82) is 0 Å². The molecule has 1 aromatic rings. The normalized spacial score (nSPS) is 11.6. The molecule has 0 heterocycles. The van der Waals surface area contributed by atoms with Crippen molar-refractivity contribution in [2.75, 3.05) is 6.61 Å². The van der Waals surface area contributed by atoms with Gasteiger partial charge in [-0.25, -0.2) is 14.9 Å². The van der Waals surface area contributed by atoms with Crippen molar-refractivity contribution in [2.24, 2.45) is 5.73 Å². The second-order valence-electron chi connectivity index (χ2n) is 3.58. The lowest BCUT2D eigenvalue weighted by Crippen LogP contribution is -2.38. The van der Waals surface area contributed by atoms with Crippen molar-refractivity contribution in [3.63, 3.8) is 0 Å². The molecule has 0 aromatic heterocycles. The summed E-state index contributed by atoms with van der Waals surface area (Å²) in [7, 11) is 0. The first kappa shape index (κ1) is 14.7. The number of amides is 3. The van der Waals surface area contributed by atoms with Gasteiger partial charge in [-0.3, -0.25) is 3.53 Å². The number of nitrogens with one attached hydrogen (secondary N) is 2. The molecule has 1 unspecified atom stereocenters. The van der Waals surface area contributed by atoms with E-state index in [1.807, 2.05) is 58.5 Å². The molecule has 0 radical (unpaired) electrons. The number of primary amides is 1. The van der Waals surface area contributed by atoms with Crippen molar-refractivity contribution in [1.82, 2.24) is 8.85 Å². The number of rotatable bonds is 5. The molecule has 98 valence electrons. The fraction of sp³-hybridized carbons (Fsp3) is 0.273. The Morgan fingerprint density at radius 2 is 2.00 bits per heavy atom. The van der Waals surface area contributed by atoms with Crippen molar-refractivity contribution in [3.05, 3.63) is 35.9 Å². The summed E-state index contributed by atoms with van der Waals surface area (Å²) in [6, 6.07) is 8.84. The smallest absolute Gasteiger partial charge is 0.415 e. The minimum Gasteiger partial charge on any atom is -0.448 e. The largest absolute Gasteiger partial charge is 0.448 e. The Balaban J connectivity index is 2.38. The molecule has 18 heavy (non-hydrogen) atoms. The van der Waals surface area contributed by atoms with E-state index >= 15 is 0 Å². The van der Waals surface area contributed by atoms with Gasteiger partial charge in [0.2, 0.25) is 0 Å². The van der Waals surface area contributed by atoms with Crippen LogP contribution in [0.15, 0.2) is 30.3 Å². The van der Waals surface area contributed by atoms with E-state index in [9.17, 15) is 9.59 Å². The highest BCUT2D eigenvalue weighted by molar-refractivity contribution is 14.1. The van der Waals surface area contributed by atoms with E-state index in [1.165, 1.54) is 0 Å². The Hall–Kier alpha value is -1.35. The third-order valence-corrected chi connectivity index (χ3v) is 3.00. The molecule has 6 nitrogen and oxygen atoms in total. The zero-order valence-corrected chi connectivity index (χ0v) is 11.7. The van der Waals surface area contributed by atoms with Gasteiger partial charge in [0.15, 0.2) is 0 Å². The van der Waals surface area contributed by atoms with Crippen LogP contribution >= 0.6 is 22.9 Å². The Bertz CT molecular complexity index is 400. The number of nitrogens with two attached hydrogens (primary N) is 1. The number of benzene rings is 1. The number of carbonyl (C=O) groups is 2. The van der Waals surface area contributed by atoms with Crippen LogP contribution in [0.1, 0.15) is 5.56 Å². The molecule has 0 aliphatic heterocycles. The van der Waals surface area contributed by atoms with Gasteiger partial charge >= 0.3 is 12.1 Å². The molecule has 0 saturated carbocycles. The van der Waals surface area contributed by atoms with E-state index in [0.29, 0.717) is 6.42 Å². The highest BCUT2D eigenvalue weighted by atomic mass is 127. The second-order valence-corrected chi connectivity index (χ2v) is 4.21. The molecule has 4 N–H and O–H groups in total. The molecule has 1 atom stereocenters. The summed E-state index contributed by atoms with van der Waals surface area (Å²) < 4.78 is 7.87. The monoisotopic (exact) mass is 363 g/mol. The third kappa shape index (κ3) is 5.82. The Kier molecular flexibility index (Phi) is 6.44. The average molecular weight is 363 g/mol. The number of alkyl carbamates (subject to hydrolysis) is 1. The SMILES string of the molecule is NC(=O)NC(=O)OCC(Cc1ccccc1)NI. The highest BCUT2D eigenvalue weighted by Gasteiger charge is 2.12.